The lowest BCUT2D eigenvalue weighted by molar-refractivity contribution is -0.161. The van der Waals surface area contributed by atoms with Gasteiger partial charge in [-0.1, -0.05) is 30.3 Å². The third-order valence-corrected chi connectivity index (χ3v) is 5.87. The van der Waals surface area contributed by atoms with E-state index in [0.29, 0.717) is 12.0 Å². The van der Waals surface area contributed by atoms with Gasteiger partial charge in [-0.25, -0.2) is 4.79 Å². The number of rotatable bonds is 3. The van der Waals surface area contributed by atoms with Gasteiger partial charge in [-0.15, -0.1) is 0 Å². The predicted molar refractivity (Wildman–Crippen MR) is 104 cm³/mol. The fourth-order valence-electron chi connectivity index (χ4n) is 4.57. The standard InChI is InChI=1S/C22H18N2O4/c1-11(25)19-18-9-16(20(22(27)28)24(18)21(19)26)12-6-7-13-10-23-17-5-3-2-4-14(17)15(13)8-12/h2-8,10-11,18-19,25H,9H2,1H3,(H,27,28). The van der Waals surface area contributed by atoms with Gasteiger partial charge >= 0.3 is 5.97 Å². The van der Waals surface area contributed by atoms with Crippen molar-refractivity contribution in [3.63, 3.8) is 0 Å². The minimum atomic E-state index is -1.12. The first-order valence-electron chi connectivity index (χ1n) is 9.23. The zero-order valence-electron chi connectivity index (χ0n) is 15.2. The Morgan fingerprint density at radius 3 is 2.75 bits per heavy atom. The number of hydrogen-bond donors (Lipinski definition) is 2. The largest absolute Gasteiger partial charge is 0.477 e. The third kappa shape index (κ3) is 2.21. The summed E-state index contributed by atoms with van der Waals surface area (Å²) in [6.45, 7) is 1.58. The van der Waals surface area contributed by atoms with Crippen molar-refractivity contribution in [2.45, 2.75) is 25.5 Å². The summed E-state index contributed by atoms with van der Waals surface area (Å²) < 4.78 is 0. The molecule has 3 unspecified atom stereocenters. The Morgan fingerprint density at radius 1 is 1.21 bits per heavy atom. The van der Waals surface area contributed by atoms with Gasteiger partial charge in [0.25, 0.3) is 0 Å². The van der Waals surface area contributed by atoms with Gasteiger partial charge in [0.15, 0.2) is 0 Å². The van der Waals surface area contributed by atoms with E-state index >= 15 is 0 Å². The molecule has 1 saturated heterocycles. The van der Waals surface area contributed by atoms with Gasteiger partial charge in [-0.05, 0) is 42.0 Å². The molecule has 1 amide bonds. The van der Waals surface area contributed by atoms with Crippen LogP contribution in [0.2, 0.25) is 0 Å². The number of carbonyl (C=O) groups is 2. The molecule has 0 spiro atoms. The molecule has 0 radical (unpaired) electrons. The van der Waals surface area contributed by atoms with Gasteiger partial charge in [0.2, 0.25) is 5.91 Å². The number of aliphatic hydroxyl groups is 1. The minimum absolute atomic E-state index is 0.0320. The molecule has 6 nitrogen and oxygen atoms in total. The molecule has 5 rings (SSSR count). The quantitative estimate of drug-likeness (QED) is 0.543. The molecule has 3 aromatic rings. The highest BCUT2D eigenvalue weighted by Crippen LogP contribution is 2.47. The molecule has 6 heteroatoms. The van der Waals surface area contributed by atoms with E-state index in [2.05, 4.69) is 4.98 Å². The number of carboxylic acid groups (broad SMARTS) is 1. The first-order chi connectivity index (χ1) is 13.5. The van der Waals surface area contributed by atoms with E-state index in [1.54, 1.807) is 6.92 Å². The van der Waals surface area contributed by atoms with Crippen LogP contribution in [0.5, 0.6) is 0 Å². The van der Waals surface area contributed by atoms with Crippen molar-refractivity contribution >= 4 is 39.1 Å². The molecule has 0 bridgehead atoms. The number of aliphatic carboxylic acids is 1. The van der Waals surface area contributed by atoms with Crippen LogP contribution in [0.25, 0.3) is 27.2 Å². The van der Waals surface area contributed by atoms with Gasteiger partial charge < -0.3 is 15.1 Å². The monoisotopic (exact) mass is 374 g/mol. The van der Waals surface area contributed by atoms with Crippen molar-refractivity contribution in [3.05, 3.63) is 59.9 Å². The zero-order chi connectivity index (χ0) is 19.6. The van der Waals surface area contributed by atoms with E-state index < -0.39 is 18.0 Å². The van der Waals surface area contributed by atoms with Crippen molar-refractivity contribution in [1.29, 1.82) is 0 Å². The number of benzene rings is 2. The molecule has 1 fully saturated rings. The summed E-state index contributed by atoms with van der Waals surface area (Å²) in [4.78, 5) is 30.2. The molecule has 0 aliphatic carbocycles. The number of aliphatic hydroxyl groups excluding tert-OH is 1. The van der Waals surface area contributed by atoms with Gasteiger partial charge in [0.05, 0.1) is 23.6 Å². The third-order valence-electron chi connectivity index (χ3n) is 5.87. The Bertz CT molecular complexity index is 1200. The number of hydrogen-bond acceptors (Lipinski definition) is 4. The van der Waals surface area contributed by atoms with Crippen LogP contribution in [-0.4, -0.2) is 44.1 Å². The lowest BCUT2D eigenvalue weighted by Crippen LogP contribution is -2.61. The Labute approximate surface area is 160 Å². The molecule has 2 aliphatic heterocycles. The number of fused-ring (bicyclic) bond motifs is 4. The lowest BCUT2D eigenvalue weighted by atomic mass is 9.82. The van der Waals surface area contributed by atoms with E-state index in [0.717, 1.165) is 27.2 Å². The number of β-lactam (4-membered cyclic amide) rings is 1. The second-order valence-electron chi connectivity index (χ2n) is 7.46. The van der Waals surface area contributed by atoms with Gasteiger partial charge in [-0.2, -0.15) is 0 Å². The maximum atomic E-state index is 12.4. The van der Waals surface area contributed by atoms with Crippen LogP contribution in [0, 0.1) is 5.92 Å². The second-order valence-corrected chi connectivity index (χ2v) is 7.46. The van der Waals surface area contributed by atoms with E-state index in [1.807, 2.05) is 48.7 Å². The normalized spacial score (nSPS) is 22.5. The van der Waals surface area contributed by atoms with Crippen LogP contribution in [0.15, 0.2) is 54.4 Å². The second kappa shape index (κ2) is 5.87. The van der Waals surface area contributed by atoms with E-state index in [9.17, 15) is 19.8 Å². The van der Waals surface area contributed by atoms with Gasteiger partial charge in [-0.3, -0.25) is 9.78 Å². The summed E-state index contributed by atoms with van der Waals surface area (Å²) in [6, 6.07) is 13.3. The molecule has 2 aliphatic rings. The van der Waals surface area contributed by atoms with Crippen LogP contribution in [0.4, 0.5) is 0 Å². The van der Waals surface area contributed by atoms with E-state index in [-0.39, 0.29) is 17.6 Å². The molecular formula is C22H18N2O4. The molecule has 1 aromatic heterocycles. The number of carboxylic acids is 1. The van der Waals surface area contributed by atoms with E-state index in [4.69, 9.17) is 0 Å². The highest BCUT2D eigenvalue weighted by molar-refractivity contribution is 6.09. The maximum Gasteiger partial charge on any atom is 0.352 e. The smallest absolute Gasteiger partial charge is 0.352 e. The van der Waals surface area contributed by atoms with Crippen molar-refractivity contribution < 1.29 is 19.8 Å². The summed E-state index contributed by atoms with van der Waals surface area (Å²) in [5.74, 6) is -1.98. The first-order valence-corrected chi connectivity index (χ1v) is 9.23. The summed E-state index contributed by atoms with van der Waals surface area (Å²) in [6.07, 6.45) is 1.44. The summed E-state index contributed by atoms with van der Waals surface area (Å²) in [5.41, 5.74) is 2.33. The average molecular weight is 374 g/mol. The number of para-hydroxylation sites is 1. The molecule has 3 heterocycles. The minimum Gasteiger partial charge on any atom is -0.477 e. The van der Waals surface area contributed by atoms with Crippen LogP contribution < -0.4 is 0 Å². The Kier molecular flexibility index (Phi) is 3.54. The van der Waals surface area contributed by atoms with Crippen LogP contribution >= 0.6 is 0 Å². The van der Waals surface area contributed by atoms with Crippen LogP contribution in [0.3, 0.4) is 0 Å². The molecule has 2 aromatic carbocycles. The SMILES string of the molecule is CC(O)C1C(=O)N2C(C(=O)O)=C(c3ccc4cnc5ccccc5c4c3)CC12. The van der Waals surface area contributed by atoms with Crippen molar-refractivity contribution in [1.82, 2.24) is 9.88 Å². The van der Waals surface area contributed by atoms with Gasteiger partial charge in [0, 0.05) is 17.0 Å². The lowest BCUT2D eigenvalue weighted by Gasteiger charge is -2.44. The number of amides is 1. The molecule has 0 saturated carbocycles. The van der Waals surface area contributed by atoms with Crippen molar-refractivity contribution in [2.24, 2.45) is 5.92 Å². The average Bonchev–Trinajstić information content (AvgIpc) is 3.02. The number of pyridine rings is 1. The summed E-state index contributed by atoms with van der Waals surface area (Å²) >= 11 is 0. The number of carbonyl (C=O) groups excluding carboxylic acids is 1. The Morgan fingerprint density at radius 2 is 2.00 bits per heavy atom. The van der Waals surface area contributed by atoms with Crippen molar-refractivity contribution in [2.75, 3.05) is 0 Å². The van der Waals surface area contributed by atoms with E-state index in [1.165, 1.54) is 4.90 Å². The summed E-state index contributed by atoms with van der Waals surface area (Å²) in [7, 11) is 0. The number of aromatic nitrogens is 1. The highest BCUT2D eigenvalue weighted by Gasteiger charge is 2.56. The fourth-order valence-corrected chi connectivity index (χ4v) is 4.57. The topological polar surface area (TPSA) is 90.7 Å². The molecule has 28 heavy (non-hydrogen) atoms. The zero-order valence-corrected chi connectivity index (χ0v) is 15.2. The van der Waals surface area contributed by atoms with Gasteiger partial charge in [0.1, 0.15) is 5.70 Å². The number of nitrogens with zero attached hydrogens (tertiary/aromatic N) is 2. The molecule has 140 valence electrons. The molecular weight excluding hydrogens is 356 g/mol. The predicted octanol–water partition coefficient (Wildman–Crippen LogP) is 2.80. The van der Waals surface area contributed by atoms with Crippen LogP contribution in [-0.2, 0) is 9.59 Å². The summed E-state index contributed by atoms with van der Waals surface area (Å²) in [5, 5.41) is 22.6. The Balaban J connectivity index is 1.68. The molecule has 2 N–H and O–H groups in total. The first kappa shape index (κ1) is 16.9. The van der Waals surface area contributed by atoms with Crippen LogP contribution in [0.1, 0.15) is 18.9 Å². The van der Waals surface area contributed by atoms with Crippen molar-refractivity contribution in [3.8, 4) is 0 Å². The highest BCUT2D eigenvalue weighted by atomic mass is 16.4. The molecule has 3 atom stereocenters. The maximum absolute atomic E-state index is 12.4. The fraction of sp³-hybridized carbons (Fsp3) is 0.227. The Hall–Kier alpha value is -3.25.